The largest absolute Gasteiger partial charge is 0.489 e. The molecule has 9 heteroatoms. The fourth-order valence-electron chi connectivity index (χ4n) is 2.69. The second-order valence-electron chi connectivity index (χ2n) is 7.38. The maximum absolute atomic E-state index is 11.7. The molecule has 0 aliphatic heterocycles. The van der Waals surface area contributed by atoms with Crippen LogP contribution in [0.5, 0.6) is 11.5 Å². The van der Waals surface area contributed by atoms with Gasteiger partial charge < -0.3 is 8.92 Å². The van der Waals surface area contributed by atoms with E-state index in [4.69, 9.17) is 13.1 Å². The fourth-order valence-corrected chi connectivity index (χ4v) is 3.54. The maximum Gasteiger partial charge on any atom is 0.306 e. The topological polar surface area (TPSA) is 96.0 Å². The third-order valence-corrected chi connectivity index (χ3v) is 5.27. The molecule has 160 valence electrons. The predicted molar refractivity (Wildman–Crippen MR) is 111 cm³/mol. The number of rotatable bonds is 10. The van der Waals surface area contributed by atoms with Crippen LogP contribution in [0.2, 0.25) is 0 Å². The number of hydrogen-bond donors (Lipinski definition) is 0. The Balaban J connectivity index is 2.28. The van der Waals surface area contributed by atoms with E-state index >= 15 is 0 Å². The number of ether oxygens (including phenoxy) is 1. The van der Waals surface area contributed by atoms with Crippen molar-refractivity contribution in [3.63, 3.8) is 0 Å². The van der Waals surface area contributed by atoms with Gasteiger partial charge in [-0.05, 0) is 35.6 Å². The van der Waals surface area contributed by atoms with Gasteiger partial charge in [-0.3, -0.25) is 4.18 Å². The SMILES string of the molecule is CC(C)(CCOS(C)(=O)=O)c1cc(OCc2ccccc2)ccc1OS(C)(=O)=O. The molecule has 0 aromatic heterocycles. The first-order valence-corrected chi connectivity index (χ1v) is 12.5. The van der Waals surface area contributed by atoms with Crippen LogP contribution >= 0.6 is 0 Å². The Kier molecular flexibility index (Phi) is 7.31. The molecule has 29 heavy (non-hydrogen) atoms. The highest BCUT2D eigenvalue weighted by molar-refractivity contribution is 7.86. The summed E-state index contributed by atoms with van der Waals surface area (Å²) in [6, 6.07) is 14.5. The molecule has 2 aromatic rings. The van der Waals surface area contributed by atoms with E-state index in [0.717, 1.165) is 18.1 Å². The van der Waals surface area contributed by atoms with Crippen LogP contribution in [0.25, 0.3) is 0 Å². The Labute approximate surface area is 172 Å². The Morgan fingerprint density at radius 2 is 1.55 bits per heavy atom. The molecule has 0 atom stereocenters. The van der Waals surface area contributed by atoms with Gasteiger partial charge in [-0.25, -0.2) is 0 Å². The molecule has 7 nitrogen and oxygen atoms in total. The monoisotopic (exact) mass is 442 g/mol. The molecule has 0 amide bonds. The van der Waals surface area contributed by atoms with Gasteiger partial charge in [0.15, 0.2) is 0 Å². The van der Waals surface area contributed by atoms with Gasteiger partial charge in [0.25, 0.3) is 10.1 Å². The zero-order valence-electron chi connectivity index (χ0n) is 16.9. The summed E-state index contributed by atoms with van der Waals surface area (Å²) in [4.78, 5) is 0. The first kappa shape index (κ1) is 23.2. The third-order valence-electron chi connectivity index (χ3n) is 4.19. The van der Waals surface area contributed by atoms with Crippen molar-refractivity contribution in [2.45, 2.75) is 32.3 Å². The molecule has 0 saturated carbocycles. The van der Waals surface area contributed by atoms with Gasteiger partial charge >= 0.3 is 10.1 Å². The summed E-state index contributed by atoms with van der Waals surface area (Å²) in [6.07, 6.45) is 2.27. The Hall–Kier alpha value is -2.10. The molecular weight excluding hydrogens is 416 g/mol. The number of hydrogen-bond acceptors (Lipinski definition) is 7. The standard InChI is InChI=1S/C20H26O7S2/c1-20(2,12-13-26-28(3,21)22)18-14-17(10-11-19(18)27-29(4,23)24)25-15-16-8-6-5-7-9-16/h5-11,14H,12-13,15H2,1-4H3. The molecule has 0 radical (unpaired) electrons. The molecule has 2 rings (SSSR count). The molecule has 0 heterocycles. The van der Waals surface area contributed by atoms with Gasteiger partial charge in [-0.15, -0.1) is 0 Å². The van der Waals surface area contributed by atoms with Crippen molar-refractivity contribution in [1.29, 1.82) is 0 Å². The van der Waals surface area contributed by atoms with Gasteiger partial charge in [-0.1, -0.05) is 44.2 Å². The van der Waals surface area contributed by atoms with E-state index in [0.29, 0.717) is 24.3 Å². The van der Waals surface area contributed by atoms with Gasteiger partial charge in [0, 0.05) is 5.56 Å². The van der Waals surface area contributed by atoms with Crippen LogP contribution in [0.1, 0.15) is 31.4 Å². The van der Waals surface area contributed by atoms with Crippen LogP contribution in [0.15, 0.2) is 48.5 Å². The van der Waals surface area contributed by atoms with Crippen molar-refractivity contribution in [3.05, 3.63) is 59.7 Å². The number of benzene rings is 2. The minimum Gasteiger partial charge on any atom is -0.489 e. The zero-order valence-corrected chi connectivity index (χ0v) is 18.5. The molecule has 0 aliphatic rings. The zero-order chi connectivity index (χ0) is 21.7. The summed E-state index contributed by atoms with van der Waals surface area (Å²) in [5.41, 5.74) is 0.925. The minimum absolute atomic E-state index is 0.0424. The molecule has 2 aromatic carbocycles. The first-order chi connectivity index (χ1) is 13.4. The molecule has 0 unspecified atom stereocenters. The third kappa shape index (κ3) is 8.04. The van der Waals surface area contributed by atoms with E-state index in [2.05, 4.69) is 0 Å². The average molecular weight is 443 g/mol. The second-order valence-corrected chi connectivity index (χ2v) is 10.6. The van der Waals surface area contributed by atoms with Crippen molar-refractivity contribution in [2.75, 3.05) is 19.1 Å². The Morgan fingerprint density at radius 3 is 2.14 bits per heavy atom. The highest BCUT2D eigenvalue weighted by Gasteiger charge is 2.27. The highest BCUT2D eigenvalue weighted by Crippen LogP contribution is 2.37. The van der Waals surface area contributed by atoms with E-state index in [1.165, 1.54) is 6.07 Å². The van der Waals surface area contributed by atoms with Gasteiger partial charge in [0.2, 0.25) is 0 Å². The lowest BCUT2D eigenvalue weighted by Gasteiger charge is -2.27. The molecule has 0 aliphatic carbocycles. The van der Waals surface area contributed by atoms with Crippen molar-refractivity contribution in [2.24, 2.45) is 0 Å². The van der Waals surface area contributed by atoms with E-state index in [-0.39, 0.29) is 12.4 Å². The Bertz CT molecular complexity index is 1030. The highest BCUT2D eigenvalue weighted by atomic mass is 32.2. The summed E-state index contributed by atoms with van der Waals surface area (Å²) in [5, 5.41) is 0. The summed E-state index contributed by atoms with van der Waals surface area (Å²) >= 11 is 0. The van der Waals surface area contributed by atoms with Crippen LogP contribution in [-0.2, 0) is 36.4 Å². The van der Waals surface area contributed by atoms with Crippen LogP contribution in [0.4, 0.5) is 0 Å². The summed E-state index contributed by atoms with van der Waals surface area (Å²) in [6.45, 7) is 4.01. The minimum atomic E-state index is -3.74. The maximum atomic E-state index is 11.7. The lowest BCUT2D eigenvalue weighted by atomic mass is 9.81. The van der Waals surface area contributed by atoms with Crippen molar-refractivity contribution in [3.8, 4) is 11.5 Å². The average Bonchev–Trinajstić information content (AvgIpc) is 2.59. The van der Waals surface area contributed by atoms with E-state index in [9.17, 15) is 16.8 Å². The van der Waals surface area contributed by atoms with Crippen LogP contribution < -0.4 is 8.92 Å². The lowest BCUT2D eigenvalue weighted by Crippen LogP contribution is -2.23. The fraction of sp³-hybridized carbons (Fsp3) is 0.400. The van der Waals surface area contributed by atoms with Crippen LogP contribution in [0.3, 0.4) is 0 Å². The van der Waals surface area contributed by atoms with E-state index in [1.54, 1.807) is 12.1 Å². The lowest BCUT2D eigenvalue weighted by molar-refractivity contribution is 0.275. The molecular formula is C20H26O7S2. The van der Waals surface area contributed by atoms with Gasteiger partial charge in [-0.2, -0.15) is 16.8 Å². The van der Waals surface area contributed by atoms with Gasteiger partial charge in [0.05, 0.1) is 19.1 Å². The molecule has 0 bridgehead atoms. The quantitative estimate of drug-likeness (QED) is 0.521. The second kappa shape index (κ2) is 9.15. The van der Waals surface area contributed by atoms with Gasteiger partial charge in [0.1, 0.15) is 18.1 Å². The summed E-state index contributed by atoms with van der Waals surface area (Å²) in [5.74, 6) is 0.714. The molecule has 0 spiro atoms. The first-order valence-electron chi connectivity index (χ1n) is 8.91. The van der Waals surface area contributed by atoms with E-state index < -0.39 is 25.7 Å². The predicted octanol–water partition coefficient (Wildman–Crippen LogP) is 3.25. The van der Waals surface area contributed by atoms with Crippen molar-refractivity contribution >= 4 is 20.2 Å². The molecule has 0 fully saturated rings. The van der Waals surface area contributed by atoms with Crippen LogP contribution in [-0.4, -0.2) is 36.0 Å². The smallest absolute Gasteiger partial charge is 0.306 e. The Morgan fingerprint density at radius 1 is 0.897 bits per heavy atom. The van der Waals surface area contributed by atoms with E-state index in [1.807, 2.05) is 44.2 Å². The summed E-state index contributed by atoms with van der Waals surface area (Å²) < 4.78 is 61.6. The summed E-state index contributed by atoms with van der Waals surface area (Å²) in [7, 11) is -7.31. The molecule has 0 saturated heterocycles. The van der Waals surface area contributed by atoms with Crippen molar-refractivity contribution in [1.82, 2.24) is 0 Å². The normalized spacial score (nSPS) is 12.6. The van der Waals surface area contributed by atoms with Crippen molar-refractivity contribution < 1.29 is 29.9 Å². The van der Waals surface area contributed by atoms with Crippen LogP contribution in [0, 0.1) is 0 Å². The molecule has 0 N–H and O–H groups in total.